The van der Waals surface area contributed by atoms with Gasteiger partial charge in [0.1, 0.15) is 0 Å². The zero-order valence-corrected chi connectivity index (χ0v) is 14.7. The highest BCUT2D eigenvalue weighted by Crippen LogP contribution is 2.29. The molecular weight excluding hydrogens is 328 g/mol. The normalized spacial score (nSPS) is 19.3. The molecule has 0 bridgehead atoms. The van der Waals surface area contributed by atoms with Gasteiger partial charge < -0.3 is 15.3 Å². The lowest BCUT2D eigenvalue weighted by Gasteiger charge is -2.35. The van der Waals surface area contributed by atoms with Crippen molar-refractivity contribution in [2.75, 3.05) is 31.1 Å². The Hall–Kier alpha value is -0.580. The van der Waals surface area contributed by atoms with Crippen LogP contribution in [0.5, 0.6) is 0 Å². The lowest BCUT2D eigenvalue weighted by atomic mass is 9.97. The van der Waals surface area contributed by atoms with Crippen molar-refractivity contribution in [3.05, 3.63) is 28.2 Å². The summed E-state index contributed by atoms with van der Waals surface area (Å²) in [6.07, 6.45) is 2.30. The molecular formula is C17H27BrN2O. The first-order chi connectivity index (χ1) is 10.1. The first-order valence-electron chi connectivity index (χ1n) is 7.95. The van der Waals surface area contributed by atoms with Crippen LogP contribution >= 0.6 is 15.9 Å². The lowest BCUT2D eigenvalue weighted by Crippen LogP contribution is -2.37. The van der Waals surface area contributed by atoms with E-state index in [2.05, 4.69) is 58.2 Å². The Bertz CT molecular complexity index is 450. The van der Waals surface area contributed by atoms with E-state index in [9.17, 15) is 5.11 Å². The maximum atomic E-state index is 9.43. The minimum Gasteiger partial charge on any atom is -0.396 e. The summed E-state index contributed by atoms with van der Waals surface area (Å²) in [5, 5.41) is 13.0. The predicted molar refractivity (Wildman–Crippen MR) is 92.7 cm³/mol. The van der Waals surface area contributed by atoms with Gasteiger partial charge in [0.15, 0.2) is 0 Å². The Kier molecular flexibility index (Phi) is 6.52. The van der Waals surface area contributed by atoms with Crippen LogP contribution in [-0.4, -0.2) is 31.3 Å². The molecule has 1 aliphatic heterocycles. The van der Waals surface area contributed by atoms with Gasteiger partial charge in [0, 0.05) is 36.4 Å². The van der Waals surface area contributed by atoms with E-state index in [4.69, 9.17) is 0 Å². The summed E-state index contributed by atoms with van der Waals surface area (Å²) in [5.74, 6) is 1.08. The van der Waals surface area contributed by atoms with Gasteiger partial charge in [-0.3, -0.25) is 0 Å². The van der Waals surface area contributed by atoms with E-state index in [0.717, 1.165) is 43.5 Å². The molecule has 0 saturated carbocycles. The molecule has 0 spiro atoms. The van der Waals surface area contributed by atoms with Gasteiger partial charge in [0.05, 0.1) is 0 Å². The van der Waals surface area contributed by atoms with Crippen LogP contribution in [0.3, 0.4) is 0 Å². The van der Waals surface area contributed by atoms with Gasteiger partial charge in [-0.15, -0.1) is 0 Å². The highest BCUT2D eigenvalue weighted by atomic mass is 79.9. The third-order valence-electron chi connectivity index (χ3n) is 4.03. The molecule has 21 heavy (non-hydrogen) atoms. The van der Waals surface area contributed by atoms with E-state index in [1.807, 2.05) is 0 Å². The zero-order chi connectivity index (χ0) is 15.2. The van der Waals surface area contributed by atoms with E-state index < -0.39 is 0 Å². The van der Waals surface area contributed by atoms with E-state index in [1.165, 1.54) is 11.3 Å². The molecule has 0 aromatic heterocycles. The summed E-state index contributed by atoms with van der Waals surface area (Å²) >= 11 is 3.59. The SMILES string of the molecule is CC(C)CNCc1ccc(Br)cc1N1CCCC(CO)C1. The first-order valence-corrected chi connectivity index (χ1v) is 8.74. The second-order valence-corrected chi connectivity index (χ2v) is 7.35. The van der Waals surface area contributed by atoms with Crippen LogP contribution in [0.25, 0.3) is 0 Å². The van der Waals surface area contributed by atoms with E-state index >= 15 is 0 Å². The van der Waals surface area contributed by atoms with Crippen molar-refractivity contribution in [1.29, 1.82) is 0 Å². The quantitative estimate of drug-likeness (QED) is 0.821. The zero-order valence-electron chi connectivity index (χ0n) is 13.1. The van der Waals surface area contributed by atoms with E-state index in [0.29, 0.717) is 18.4 Å². The maximum Gasteiger partial charge on any atom is 0.0476 e. The van der Waals surface area contributed by atoms with Crippen LogP contribution in [0.1, 0.15) is 32.3 Å². The summed E-state index contributed by atoms with van der Waals surface area (Å²) in [7, 11) is 0. The minimum absolute atomic E-state index is 0.297. The average Bonchev–Trinajstić information content (AvgIpc) is 2.48. The van der Waals surface area contributed by atoms with Gasteiger partial charge in [-0.25, -0.2) is 0 Å². The Morgan fingerprint density at radius 1 is 1.43 bits per heavy atom. The van der Waals surface area contributed by atoms with Crippen molar-refractivity contribution >= 4 is 21.6 Å². The summed E-state index contributed by atoms with van der Waals surface area (Å²) in [6, 6.07) is 6.53. The van der Waals surface area contributed by atoms with Gasteiger partial charge in [-0.1, -0.05) is 35.8 Å². The number of nitrogens with one attached hydrogen (secondary N) is 1. The van der Waals surface area contributed by atoms with Crippen LogP contribution in [0, 0.1) is 11.8 Å². The minimum atomic E-state index is 0.297. The molecule has 0 amide bonds. The number of hydrogen-bond acceptors (Lipinski definition) is 3. The Morgan fingerprint density at radius 3 is 2.95 bits per heavy atom. The fourth-order valence-corrected chi connectivity index (χ4v) is 3.26. The van der Waals surface area contributed by atoms with E-state index in [-0.39, 0.29) is 0 Å². The highest BCUT2D eigenvalue weighted by molar-refractivity contribution is 9.10. The number of aliphatic hydroxyl groups excluding tert-OH is 1. The lowest BCUT2D eigenvalue weighted by molar-refractivity contribution is 0.208. The molecule has 1 fully saturated rings. The fraction of sp³-hybridized carbons (Fsp3) is 0.647. The number of aliphatic hydroxyl groups is 1. The second kappa shape index (κ2) is 8.16. The van der Waals surface area contributed by atoms with Crippen molar-refractivity contribution in [3.8, 4) is 0 Å². The molecule has 3 nitrogen and oxygen atoms in total. The molecule has 2 N–H and O–H groups in total. The molecule has 1 aliphatic rings. The fourth-order valence-electron chi connectivity index (χ4n) is 2.91. The standard InChI is InChI=1S/C17H27BrN2O/c1-13(2)9-19-10-15-5-6-16(18)8-17(15)20-7-3-4-14(11-20)12-21/h5-6,8,13-14,19,21H,3-4,7,9-12H2,1-2H3. The van der Waals surface area contributed by atoms with Gasteiger partial charge in [0.2, 0.25) is 0 Å². The van der Waals surface area contributed by atoms with Crippen LogP contribution in [0.15, 0.2) is 22.7 Å². The third kappa shape index (κ3) is 4.97. The molecule has 0 radical (unpaired) electrons. The number of rotatable bonds is 6. The van der Waals surface area contributed by atoms with Crippen LogP contribution in [0.2, 0.25) is 0 Å². The maximum absolute atomic E-state index is 9.43. The number of anilines is 1. The summed E-state index contributed by atoms with van der Waals surface area (Å²) < 4.78 is 1.12. The topological polar surface area (TPSA) is 35.5 Å². The molecule has 1 aromatic carbocycles. The smallest absolute Gasteiger partial charge is 0.0476 e. The summed E-state index contributed by atoms with van der Waals surface area (Å²) in [5.41, 5.74) is 2.65. The van der Waals surface area contributed by atoms with Crippen LogP contribution < -0.4 is 10.2 Å². The number of hydrogen-bond donors (Lipinski definition) is 2. The number of halogens is 1. The molecule has 1 atom stereocenters. The summed E-state index contributed by atoms with van der Waals surface area (Å²) in [6.45, 7) is 8.74. The van der Waals surface area contributed by atoms with Crippen LogP contribution in [0.4, 0.5) is 5.69 Å². The van der Waals surface area contributed by atoms with Gasteiger partial charge in [0.25, 0.3) is 0 Å². The average molecular weight is 355 g/mol. The Labute approximate surface area is 136 Å². The van der Waals surface area contributed by atoms with Gasteiger partial charge in [-0.2, -0.15) is 0 Å². The second-order valence-electron chi connectivity index (χ2n) is 6.43. The van der Waals surface area contributed by atoms with E-state index in [1.54, 1.807) is 0 Å². The van der Waals surface area contributed by atoms with Crippen molar-refractivity contribution in [2.24, 2.45) is 11.8 Å². The molecule has 1 aromatic rings. The monoisotopic (exact) mass is 354 g/mol. The van der Waals surface area contributed by atoms with Crippen molar-refractivity contribution < 1.29 is 5.11 Å². The summed E-state index contributed by atoms with van der Waals surface area (Å²) in [4.78, 5) is 2.43. The molecule has 0 aliphatic carbocycles. The first kappa shape index (κ1) is 16.8. The largest absolute Gasteiger partial charge is 0.396 e. The molecule has 4 heteroatoms. The van der Waals surface area contributed by atoms with Gasteiger partial charge >= 0.3 is 0 Å². The third-order valence-corrected chi connectivity index (χ3v) is 4.53. The number of piperidine rings is 1. The van der Waals surface area contributed by atoms with Crippen molar-refractivity contribution in [1.82, 2.24) is 5.32 Å². The number of nitrogens with zero attached hydrogens (tertiary/aromatic N) is 1. The molecule has 118 valence electrons. The van der Waals surface area contributed by atoms with Crippen molar-refractivity contribution in [3.63, 3.8) is 0 Å². The highest BCUT2D eigenvalue weighted by Gasteiger charge is 2.21. The predicted octanol–water partition coefficient (Wildman–Crippen LogP) is 3.40. The Balaban J connectivity index is 2.10. The van der Waals surface area contributed by atoms with Gasteiger partial charge in [-0.05, 0) is 48.9 Å². The molecule has 1 heterocycles. The number of benzene rings is 1. The molecule has 2 rings (SSSR count). The molecule has 1 unspecified atom stereocenters. The van der Waals surface area contributed by atoms with Crippen LogP contribution in [-0.2, 0) is 6.54 Å². The Morgan fingerprint density at radius 2 is 2.24 bits per heavy atom. The molecule has 1 saturated heterocycles. The van der Waals surface area contributed by atoms with Crippen molar-refractivity contribution in [2.45, 2.75) is 33.2 Å².